The van der Waals surface area contributed by atoms with E-state index < -0.39 is 17.8 Å². The summed E-state index contributed by atoms with van der Waals surface area (Å²) in [7, 11) is 0. The standard InChI is InChI=1S/C19H27F3N2O2/c1-13(2)24-8-6-14(7-9-24)10-18(26)23-12-17(25)15-4-3-5-16(11-15)19(20,21)22/h3-5,11,13-14,17,25H,6-10,12H2,1-2H3,(H,23,26). The van der Waals surface area contributed by atoms with Gasteiger partial charge in [0, 0.05) is 19.0 Å². The molecule has 1 aromatic carbocycles. The fourth-order valence-electron chi connectivity index (χ4n) is 3.26. The third-order valence-electron chi connectivity index (χ3n) is 4.94. The van der Waals surface area contributed by atoms with E-state index in [1.165, 1.54) is 12.1 Å². The van der Waals surface area contributed by atoms with E-state index in [0.717, 1.165) is 38.1 Å². The number of hydrogen-bond acceptors (Lipinski definition) is 3. The summed E-state index contributed by atoms with van der Waals surface area (Å²) >= 11 is 0. The van der Waals surface area contributed by atoms with Crippen LogP contribution in [0.4, 0.5) is 13.2 Å². The zero-order valence-corrected chi connectivity index (χ0v) is 15.2. The molecular formula is C19H27F3N2O2. The van der Waals surface area contributed by atoms with E-state index >= 15 is 0 Å². The first-order valence-electron chi connectivity index (χ1n) is 9.02. The fourth-order valence-corrected chi connectivity index (χ4v) is 3.26. The summed E-state index contributed by atoms with van der Waals surface area (Å²) in [5.41, 5.74) is -0.664. The van der Waals surface area contributed by atoms with Gasteiger partial charge in [-0.05, 0) is 63.4 Å². The van der Waals surface area contributed by atoms with E-state index in [9.17, 15) is 23.1 Å². The molecule has 4 nitrogen and oxygen atoms in total. The highest BCUT2D eigenvalue weighted by Crippen LogP contribution is 2.30. The molecular weight excluding hydrogens is 345 g/mol. The molecule has 7 heteroatoms. The van der Waals surface area contributed by atoms with Crippen LogP contribution in [0.2, 0.25) is 0 Å². The highest BCUT2D eigenvalue weighted by Gasteiger charge is 2.31. The number of alkyl halides is 3. The van der Waals surface area contributed by atoms with E-state index in [1.807, 2.05) is 0 Å². The predicted molar refractivity (Wildman–Crippen MR) is 93.5 cm³/mol. The Kier molecular flexibility index (Phi) is 7.06. The minimum atomic E-state index is -4.45. The molecule has 1 fully saturated rings. The van der Waals surface area contributed by atoms with Gasteiger partial charge in [-0.2, -0.15) is 13.2 Å². The normalized spacial score (nSPS) is 18.1. The van der Waals surface area contributed by atoms with Crippen molar-refractivity contribution in [3.8, 4) is 0 Å². The second kappa shape index (κ2) is 8.86. The first-order chi connectivity index (χ1) is 12.2. The largest absolute Gasteiger partial charge is 0.416 e. The van der Waals surface area contributed by atoms with E-state index in [4.69, 9.17) is 0 Å². The van der Waals surface area contributed by atoms with Crippen LogP contribution in [0.15, 0.2) is 24.3 Å². The molecule has 0 radical (unpaired) electrons. The minimum absolute atomic E-state index is 0.0923. The zero-order valence-electron chi connectivity index (χ0n) is 15.2. The molecule has 1 aromatic rings. The Bertz CT molecular complexity index is 597. The van der Waals surface area contributed by atoms with Crippen molar-refractivity contribution < 1.29 is 23.1 Å². The third kappa shape index (κ3) is 5.99. The molecule has 0 spiro atoms. The number of piperidine rings is 1. The summed E-state index contributed by atoms with van der Waals surface area (Å²) in [5.74, 6) is 0.148. The lowest BCUT2D eigenvalue weighted by atomic mass is 9.92. The van der Waals surface area contributed by atoms with Crippen LogP contribution >= 0.6 is 0 Å². The second-order valence-electron chi connectivity index (χ2n) is 7.22. The van der Waals surface area contributed by atoms with Crippen LogP contribution < -0.4 is 5.32 Å². The van der Waals surface area contributed by atoms with E-state index in [1.54, 1.807) is 0 Å². The molecule has 1 aliphatic rings. The highest BCUT2D eigenvalue weighted by molar-refractivity contribution is 5.76. The molecule has 2 rings (SSSR count). The van der Waals surface area contributed by atoms with Gasteiger partial charge >= 0.3 is 6.18 Å². The molecule has 0 aliphatic carbocycles. The van der Waals surface area contributed by atoms with E-state index in [0.29, 0.717) is 18.4 Å². The molecule has 1 saturated heterocycles. The Morgan fingerprint density at radius 3 is 2.54 bits per heavy atom. The number of nitrogens with one attached hydrogen (secondary N) is 1. The average Bonchev–Trinajstić information content (AvgIpc) is 2.59. The van der Waals surface area contributed by atoms with Crippen LogP contribution in [0.1, 0.15) is 50.3 Å². The van der Waals surface area contributed by atoms with E-state index in [-0.39, 0.29) is 18.0 Å². The van der Waals surface area contributed by atoms with Gasteiger partial charge in [0.1, 0.15) is 0 Å². The topological polar surface area (TPSA) is 52.6 Å². The van der Waals surface area contributed by atoms with Crippen molar-refractivity contribution in [1.82, 2.24) is 10.2 Å². The van der Waals surface area contributed by atoms with Crippen LogP contribution in [0.5, 0.6) is 0 Å². The lowest BCUT2D eigenvalue weighted by Gasteiger charge is -2.34. The quantitative estimate of drug-likeness (QED) is 0.805. The van der Waals surface area contributed by atoms with Gasteiger partial charge in [0.25, 0.3) is 0 Å². The summed E-state index contributed by atoms with van der Waals surface area (Å²) in [5, 5.41) is 12.7. The van der Waals surface area contributed by atoms with Crippen LogP contribution in [0.25, 0.3) is 0 Å². The van der Waals surface area contributed by atoms with Gasteiger partial charge < -0.3 is 15.3 Å². The number of aliphatic hydroxyl groups excluding tert-OH is 1. The Hall–Kier alpha value is -1.60. The molecule has 26 heavy (non-hydrogen) atoms. The summed E-state index contributed by atoms with van der Waals surface area (Å²) in [6.07, 6.45) is -3.31. The third-order valence-corrected chi connectivity index (χ3v) is 4.94. The number of carbonyl (C=O) groups excluding carboxylic acids is 1. The van der Waals surface area contributed by atoms with Crippen LogP contribution in [-0.2, 0) is 11.0 Å². The van der Waals surface area contributed by atoms with Crippen LogP contribution in [0.3, 0.4) is 0 Å². The van der Waals surface area contributed by atoms with Gasteiger partial charge in [-0.1, -0.05) is 12.1 Å². The van der Waals surface area contributed by atoms with Gasteiger partial charge in [-0.25, -0.2) is 0 Å². The van der Waals surface area contributed by atoms with Crippen LogP contribution in [0, 0.1) is 5.92 Å². The summed E-state index contributed by atoms with van der Waals surface area (Å²) in [6, 6.07) is 5.06. The van der Waals surface area contributed by atoms with Gasteiger partial charge in [0.05, 0.1) is 11.7 Å². The summed E-state index contributed by atoms with van der Waals surface area (Å²) in [6.45, 7) is 6.17. The maximum atomic E-state index is 12.7. The van der Waals surface area contributed by atoms with Crippen LogP contribution in [-0.4, -0.2) is 41.6 Å². The molecule has 1 aliphatic heterocycles. The zero-order chi connectivity index (χ0) is 19.3. The second-order valence-corrected chi connectivity index (χ2v) is 7.22. The predicted octanol–water partition coefficient (Wildman–Crippen LogP) is 3.37. The van der Waals surface area contributed by atoms with Crippen molar-refractivity contribution in [2.24, 2.45) is 5.92 Å². The fraction of sp³-hybridized carbons (Fsp3) is 0.632. The molecule has 0 bridgehead atoms. The maximum Gasteiger partial charge on any atom is 0.416 e. The lowest BCUT2D eigenvalue weighted by molar-refractivity contribution is -0.137. The van der Waals surface area contributed by atoms with Crippen molar-refractivity contribution in [2.75, 3.05) is 19.6 Å². The van der Waals surface area contributed by atoms with Gasteiger partial charge in [0.15, 0.2) is 0 Å². The molecule has 2 N–H and O–H groups in total. The Labute approximate surface area is 152 Å². The smallest absolute Gasteiger partial charge is 0.387 e. The monoisotopic (exact) mass is 372 g/mol. The number of aliphatic hydroxyl groups is 1. The van der Waals surface area contributed by atoms with Crippen molar-refractivity contribution >= 4 is 5.91 Å². The molecule has 146 valence electrons. The van der Waals surface area contributed by atoms with Gasteiger partial charge in [-0.3, -0.25) is 4.79 Å². The Morgan fingerprint density at radius 2 is 1.96 bits per heavy atom. The van der Waals surface area contributed by atoms with Crippen molar-refractivity contribution in [2.45, 2.75) is 51.4 Å². The molecule has 0 aromatic heterocycles. The number of nitrogens with zero attached hydrogens (tertiary/aromatic N) is 1. The molecule has 1 unspecified atom stereocenters. The van der Waals surface area contributed by atoms with Crippen molar-refractivity contribution in [3.05, 3.63) is 35.4 Å². The first-order valence-corrected chi connectivity index (χ1v) is 9.02. The molecule has 1 heterocycles. The molecule has 1 atom stereocenters. The number of rotatable bonds is 6. The summed E-state index contributed by atoms with van der Waals surface area (Å²) < 4.78 is 38.2. The number of halogens is 3. The first kappa shape index (κ1) is 20.7. The lowest BCUT2D eigenvalue weighted by Crippen LogP contribution is -2.40. The molecule has 0 saturated carbocycles. The number of amides is 1. The van der Waals surface area contributed by atoms with Crippen molar-refractivity contribution in [1.29, 1.82) is 0 Å². The average molecular weight is 372 g/mol. The van der Waals surface area contributed by atoms with Crippen molar-refractivity contribution in [3.63, 3.8) is 0 Å². The summed E-state index contributed by atoms with van der Waals surface area (Å²) in [4.78, 5) is 14.5. The SMILES string of the molecule is CC(C)N1CCC(CC(=O)NCC(O)c2cccc(C(F)(F)F)c2)CC1. The van der Waals surface area contributed by atoms with Gasteiger partial charge in [0.2, 0.25) is 5.91 Å². The Morgan fingerprint density at radius 1 is 1.31 bits per heavy atom. The van der Waals surface area contributed by atoms with E-state index in [2.05, 4.69) is 24.1 Å². The number of benzene rings is 1. The number of likely N-dealkylation sites (tertiary alicyclic amines) is 1. The minimum Gasteiger partial charge on any atom is -0.387 e. The highest BCUT2D eigenvalue weighted by atomic mass is 19.4. The van der Waals surface area contributed by atoms with Gasteiger partial charge in [-0.15, -0.1) is 0 Å². The Balaban J connectivity index is 1.79. The number of carbonyl (C=O) groups is 1. The maximum absolute atomic E-state index is 12.7. The molecule has 1 amide bonds. The number of hydrogen-bond donors (Lipinski definition) is 2.